The molecule has 0 unspecified atom stereocenters. The van der Waals surface area contributed by atoms with Crippen molar-refractivity contribution in [1.82, 2.24) is 5.32 Å². The van der Waals surface area contributed by atoms with Crippen molar-refractivity contribution in [1.29, 1.82) is 0 Å². The highest BCUT2D eigenvalue weighted by molar-refractivity contribution is 9.10. The van der Waals surface area contributed by atoms with Crippen molar-refractivity contribution in [3.05, 3.63) is 67.9 Å². The topological polar surface area (TPSA) is 84.3 Å². The Morgan fingerprint density at radius 1 is 1.27 bits per heavy atom. The Kier molecular flexibility index (Phi) is 5.51. The summed E-state index contributed by atoms with van der Waals surface area (Å²) in [5.74, 6) is -0.629. The zero-order valence-corrected chi connectivity index (χ0v) is 15.4. The van der Waals surface area contributed by atoms with Crippen LogP contribution in [0.5, 0.6) is 0 Å². The Morgan fingerprint density at radius 3 is 2.69 bits per heavy atom. The highest BCUT2D eigenvalue weighted by Crippen LogP contribution is 2.27. The summed E-state index contributed by atoms with van der Waals surface area (Å²) < 4.78 is 13.6. The fourth-order valence-corrected chi connectivity index (χ4v) is 2.93. The maximum absolute atomic E-state index is 13.2. The molecular formula is C18H17BrFN3O3. The maximum Gasteiger partial charge on any atom is 0.293 e. The SMILES string of the molecule is O=C(NC1CC1)c1ccc(NCCc2ccc(F)c(Br)c2)c([N+](=O)[O-])c1. The van der Waals surface area contributed by atoms with Gasteiger partial charge >= 0.3 is 0 Å². The molecule has 2 aromatic rings. The predicted octanol–water partition coefficient (Wildman–Crippen LogP) is 4.04. The first-order valence-corrected chi connectivity index (χ1v) is 9.00. The van der Waals surface area contributed by atoms with Gasteiger partial charge in [-0.15, -0.1) is 0 Å². The second-order valence-electron chi connectivity index (χ2n) is 6.16. The highest BCUT2D eigenvalue weighted by atomic mass is 79.9. The molecule has 2 N–H and O–H groups in total. The van der Waals surface area contributed by atoms with Crippen LogP contribution >= 0.6 is 15.9 Å². The number of halogens is 2. The van der Waals surface area contributed by atoms with Crippen molar-refractivity contribution in [3.63, 3.8) is 0 Å². The van der Waals surface area contributed by atoms with Crippen LogP contribution in [0.15, 0.2) is 40.9 Å². The van der Waals surface area contributed by atoms with Crippen molar-refractivity contribution >= 4 is 33.2 Å². The standard InChI is InChI=1S/C18H17BrFN3O3/c19-14-9-11(1-5-15(14)20)7-8-21-16-6-2-12(10-17(16)23(25)26)18(24)22-13-3-4-13/h1-2,5-6,9-10,13,21H,3-4,7-8H2,(H,22,24). The monoisotopic (exact) mass is 421 g/mol. The molecule has 0 atom stereocenters. The van der Waals surface area contributed by atoms with Crippen LogP contribution in [-0.2, 0) is 6.42 Å². The van der Waals surface area contributed by atoms with Crippen LogP contribution in [0.3, 0.4) is 0 Å². The number of carbonyl (C=O) groups excluding carboxylic acids is 1. The molecule has 1 aliphatic rings. The van der Waals surface area contributed by atoms with E-state index in [1.165, 1.54) is 12.1 Å². The van der Waals surface area contributed by atoms with Crippen LogP contribution in [-0.4, -0.2) is 23.4 Å². The zero-order valence-electron chi connectivity index (χ0n) is 13.8. The lowest BCUT2D eigenvalue weighted by Crippen LogP contribution is -2.25. The predicted molar refractivity (Wildman–Crippen MR) is 99.9 cm³/mol. The molecule has 2 aromatic carbocycles. The Balaban J connectivity index is 1.67. The van der Waals surface area contributed by atoms with Gasteiger partial charge in [0.2, 0.25) is 0 Å². The molecule has 3 rings (SSSR count). The summed E-state index contributed by atoms with van der Waals surface area (Å²) in [7, 11) is 0. The molecule has 1 fully saturated rings. The van der Waals surface area contributed by atoms with Gasteiger partial charge in [0.25, 0.3) is 11.6 Å². The van der Waals surface area contributed by atoms with Crippen LogP contribution in [0.2, 0.25) is 0 Å². The number of hydrogen-bond acceptors (Lipinski definition) is 4. The Labute approximate surface area is 158 Å². The van der Waals surface area contributed by atoms with E-state index in [1.54, 1.807) is 24.3 Å². The van der Waals surface area contributed by atoms with Gasteiger partial charge in [0.1, 0.15) is 11.5 Å². The van der Waals surface area contributed by atoms with Crippen molar-refractivity contribution in [2.45, 2.75) is 25.3 Å². The van der Waals surface area contributed by atoms with Gasteiger partial charge in [-0.2, -0.15) is 0 Å². The number of carbonyl (C=O) groups is 1. The number of rotatable bonds is 7. The van der Waals surface area contributed by atoms with E-state index in [0.29, 0.717) is 23.1 Å². The maximum atomic E-state index is 13.2. The molecule has 0 aromatic heterocycles. The number of anilines is 1. The summed E-state index contributed by atoms with van der Waals surface area (Å²) >= 11 is 3.13. The lowest BCUT2D eigenvalue weighted by Gasteiger charge is -2.09. The van der Waals surface area contributed by atoms with Gasteiger partial charge in [-0.3, -0.25) is 14.9 Å². The van der Waals surface area contributed by atoms with E-state index in [9.17, 15) is 19.3 Å². The zero-order chi connectivity index (χ0) is 18.7. The second-order valence-corrected chi connectivity index (χ2v) is 7.02. The molecule has 0 aliphatic heterocycles. The van der Waals surface area contributed by atoms with Crippen LogP contribution in [0, 0.1) is 15.9 Å². The fourth-order valence-electron chi connectivity index (χ4n) is 2.51. The first-order chi connectivity index (χ1) is 12.4. The van der Waals surface area contributed by atoms with Gasteiger partial charge in [-0.1, -0.05) is 6.07 Å². The minimum absolute atomic E-state index is 0.145. The van der Waals surface area contributed by atoms with E-state index in [1.807, 2.05) is 0 Å². The molecule has 0 bridgehead atoms. The highest BCUT2D eigenvalue weighted by Gasteiger charge is 2.25. The third-order valence-electron chi connectivity index (χ3n) is 4.08. The Bertz CT molecular complexity index is 856. The Morgan fingerprint density at radius 2 is 2.04 bits per heavy atom. The molecule has 136 valence electrons. The Hall–Kier alpha value is -2.48. The second kappa shape index (κ2) is 7.82. The summed E-state index contributed by atoms with van der Waals surface area (Å²) in [4.78, 5) is 22.9. The number of benzene rings is 2. The molecule has 1 saturated carbocycles. The molecule has 1 aliphatic carbocycles. The fraction of sp³-hybridized carbons (Fsp3) is 0.278. The first kappa shape index (κ1) is 18.3. The molecule has 26 heavy (non-hydrogen) atoms. The number of nitrogens with one attached hydrogen (secondary N) is 2. The van der Waals surface area contributed by atoms with E-state index in [-0.39, 0.29) is 29.0 Å². The van der Waals surface area contributed by atoms with Gasteiger partial charge in [0, 0.05) is 24.2 Å². The summed E-state index contributed by atoms with van der Waals surface area (Å²) in [5, 5.41) is 17.2. The van der Waals surface area contributed by atoms with Gasteiger partial charge < -0.3 is 10.6 Å². The number of nitro benzene ring substituents is 1. The minimum Gasteiger partial charge on any atom is -0.379 e. The summed E-state index contributed by atoms with van der Waals surface area (Å²) in [6, 6.07) is 9.30. The van der Waals surface area contributed by atoms with Crippen LogP contribution in [0.25, 0.3) is 0 Å². The smallest absolute Gasteiger partial charge is 0.293 e. The van der Waals surface area contributed by atoms with Crippen molar-refractivity contribution in [2.75, 3.05) is 11.9 Å². The average molecular weight is 422 g/mol. The molecular weight excluding hydrogens is 405 g/mol. The van der Waals surface area contributed by atoms with Gasteiger partial charge in [0.05, 0.1) is 9.40 Å². The minimum atomic E-state index is -0.509. The molecule has 0 heterocycles. The molecule has 0 spiro atoms. The van der Waals surface area contributed by atoms with Crippen molar-refractivity contribution < 1.29 is 14.1 Å². The number of nitrogens with zero attached hydrogens (tertiary/aromatic N) is 1. The largest absolute Gasteiger partial charge is 0.379 e. The lowest BCUT2D eigenvalue weighted by molar-refractivity contribution is -0.384. The van der Waals surface area contributed by atoms with Crippen molar-refractivity contribution in [2.24, 2.45) is 0 Å². The van der Waals surface area contributed by atoms with Crippen molar-refractivity contribution in [3.8, 4) is 0 Å². The molecule has 1 amide bonds. The molecule has 8 heteroatoms. The lowest BCUT2D eigenvalue weighted by atomic mass is 10.1. The summed E-state index contributed by atoms with van der Waals surface area (Å²) in [6.07, 6.45) is 2.47. The average Bonchev–Trinajstić information content (AvgIpc) is 3.42. The summed E-state index contributed by atoms with van der Waals surface area (Å²) in [5.41, 5.74) is 1.37. The third-order valence-corrected chi connectivity index (χ3v) is 4.69. The quantitative estimate of drug-likeness (QED) is 0.521. The van der Waals surface area contributed by atoms with Gasteiger partial charge in [0.15, 0.2) is 0 Å². The number of hydrogen-bond donors (Lipinski definition) is 2. The normalized spacial score (nSPS) is 13.3. The van der Waals surface area contributed by atoms with Gasteiger partial charge in [-0.05, 0) is 65.0 Å². The number of amides is 1. The first-order valence-electron chi connectivity index (χ1n) is 8.21. The third kappa shape index (κ3) is 4.57. The van der Waals surface area contributed by atoms with Crippen LogP contribution < -0.4 is 10.6 Å². The van der Waals surface area contributed by atoms with Crippen LogP contribution in [0.4, 0.5) is 15.8 Å². The van der Waals surface area contributed by atoms with Crippen LogP contribution in [0.1, 0.15) is 28.8 Å². The van der Waals surface area contributed by atoms with E-state index >= 15 is 0 Å². The summed E-state index contributed by atoms with van der Waals surface area (Å²) in [6.45, 7) is 0.437. The van der Waals surface area contributed by atoms with E-state index in [2.05, 4.69) is 26.6 Å². The number of nitro groups is 1. The molecule has 0 saturated heterocycles. The van der Waals surface area contributed by atoms with E-state index < -0.39 is 4.92 Å². The van der Waals surface area contributed by atoms with Gasteiger partial charge in [-0.25, -0.2) is 4.39 Å². The molecule has 6 nitrogen and oxygen atoms in total. The molecule has 0 radical (unpaired) electrons. The van der Waals surface area contributed by atoms with E-state index in [4.69, 9.17) is 0 Å². The van der Waals surface area contributed by atoms with E-state index in [0.717, 1.165) is 18.4 Å².